The number of fused-ring (bicyclic) bond motifs is 2. The molecule has 0 saturated carbocycles. The van der Waals surface area contributed by atoms with Crippen molar-refractivity contribution >= 4 is 16.7 Å². The largest absolute Gasteiger partial charge is 0.341 e. The summed E-state index contributed by atoms with van der Waals surface area (Å²) in [6, 6.07) is 1.42. The van der Waals surface area contributed by atoms with E-state index < -0.39 is 0 Å². The molecule has 3 heterocycles. The van der Waals surface area contributed by atoms with Gasteiger partial charge in [-0.15, -0.1) is 0 Å². The quantitative estimate of drug-likeness (QED) is 0.684. The lowest BCUT2D eigenvalue weighted by atomic mass is 10.2. The Morgan fingerprint density at radius 2 is 2.21 bits per heavy atom. The molecule has 0 radical (unpaired) electrons. The zero-order valence-electron chi connectivity index (χ0n) is 8.47. The average molecular weight is 210 g/mol. The number of aryl methyl sites for hydroxylation is 1. The maximum Gasteiger partial charge on any atom is 0.205 e. The monoisotopic (exact) mass is 210 g/mol. The molecule has 0 N–H and O–H groups in total. The maximum absolute atomic E-state index is 4.45. The second-order valence-electron chi connectivity index (χ2n) is 4.26. The van der Waals surface area contributed by atoms with Crippen LogP contribution in [0.2, 0.25) is 0 Å². The fourth-order valence-corrected chi connectivity index (χ4v) is 3.26. The number of hydrogen-bond acceptors (Lipinski definition) is 5. The molecule has 1 aromatic heterocycles. The summed E-state index contributed by atoms with van der Waals surface area (Å²) < 4.78 is 4.24. The van der Waals surface area contributed by atoms with E-state index in [2.05, 4.69) is 26.2 Å². The summed E-state index contributed by atoms with van der Waals surface area (Å²) in [5.41, 5.74) is 0. The van der Waals surface area contributed by atoms with Gasteiger partial charge in [-0.25, -0.2) is 4.98 Å². The second kappa shape index (κ2) is 2.90. The average Bonchev–Trinajstić information content (AvgIpc) is 2.77. The lowest BCUT2D eigenvalue weighted by Gasteiger charge is -2.31. The molecule has 2 aliphatic heterocycles. The molecule has 2 aliphatic rings. The zero-order valence-corrected chi connectivity index (χ0v) is 9.29. The normalized spacial score (nSPS) is 31.7. The highest BCUT2D eigenvalue weighted by Crippen LogP contribution is 2.34. The molecule has 4 nitrogen and oxygen atoms in total. The van der Waals surface area contributed by atoms with Crippen molar-refractivity contribution in [3.8, 4) is 0 Å². The van der Waals surface area contributed by atoms with Crippen LogP contribution in [-0.4, -0.2) is 46.5 Å². The van der Waals surface area contributed by atoms with E-state index in [1.165, 1.54) is 24.5 Å². The first-order valence-corrected chi connectivity index (χ1v) is 5.78. The van der Waals surface area contributed by atoms with Gasteiger partial charge in [0.25, 0.3) is 0 Å². The smallest absolute Gasteiger partial charge is 0.205 e. The number of aromatic nitrogens is 2. The molecular weight excluding hydrogens is 196 g/mol. The number of rotatable bonds is 1. The van der Waals surface area contributed by atoms with Crippen LogP contribution >= 0.6 is 11.5 Å². The summed E-state index contributed by atoms with van der Waals surface area (Å²) in [6.07, 6.45) is 1.30. The molecule has 2 atom stereocenters. The summed E-state index contributed by atoms with van der Waals surface area (Å²) in [4.78, 5) is 9.33. The Hall–Kier alpha value is -0.680. The minimum atomic E-state index is 0.678. The van der Waals surface area contributed by atoms with E-state index in [4.69, 9.17) is 0 Å². The van der Waals surface area contributed by atoms with Crippen LogP contribution in [0.1, 0.15) is 12.2 Å². The molecule has 2 saturated heterocycles. The number of hydrogen-bond donors (Lipinski definition) is 0. The molecule has 0 aliphatic carbocycles. The van der Waals surface area contributed by atoms with Crippen molar-refractivity contribution in [3.63, 3.8) is 0 Å². The van der Waals surface area contributed by atoms with Crippen LogP contribution in [-0.2, 0) is 0 Å². The maximum atomic E-state index is 4.45. The first kappa shape index (κ1) is 8.61. The second-order valence-corrected chi connectivity index (χ2v) is 4.99. The topological polar surface area (TPSA) is 32.3 Å². The predicted octanol–water partition coefficient (Wildman–Crippen LogP) is 0.739. The van der Waals surface area contributed by atoms with Crippen molar-refractivity contribution in [2.45, 2.75) is 25.4 Å². The Bertz CT molecular complexity index is 348. The van der Waals surface area contributed by atoms with E-state index in [1.807, 2.05) is 6.92 Å². The van der Waals surface area contributed by atoms with Gasteiger partial charge in [-0.1, -0.05) is 0 Å². The minimum absolute atomic E-state index is 0.678. The van der Waals surface area contributed by atoms with Crippen LogP contribution in [0.25, 0.3) is 0 Å². The van der Waals surface area contributed by atoms with E-state index in [1.54, 1.807) is 0 Å². The Labute approximate surface area is 87.7 Å². The van der Waals surface area contributed by atoms with Crippen molar-refractivity contribution < 1.29 is 0 Å². The van der Waals surface area contributed by atoms with Crippen LogP contribution in [0.5, 0.6) is 0 Å². The number of piperazine rings is 1. The Balaban J connectivity index is 1.83. The molecule has 0 spiro atoms. The van der Waals surface area contributed by atoms with Gasteiger partial charge in [0, 0.05) is 36.7 Å². The van der Waals surface area contributed by atoms with Crippen LogP contribution in [0.15, 0.2) is 0 Å². The molecule has 76 valence electrons. The van der Waals surface area contributed by atoms with Crippen molar-refractivity contribution in [2.24, 2.45) is 0 Å². The molecule has 0 aromatic carbocycles. The van der Waals surface area contributed by atoms with Gasteiger partial charge in [0.05, 0.1) is 0 Å². The first-order valence-electron chi connectivity index (χ1n) is 5.01. The number of nitrogens with zero attached hydrogens (tertiary/aromatic N) is 4. The standard InChI is InChI=1S/C9H14N4S/c1-6-10-9(14-11-6)13-5-7-3-8(13)4-12(7)2/h7-8H,3-5H2,1-2H3. The Kier molecular flexibility index (Phi) is 1.79. The molecular formula is C9H14N4S. The number of likely N-dealkylation sites (N-methyl/N-ethyl adjacent to an activating group) is 1. The van der Waals surface area contributed by atoms with E-state index in [-0.39, 0.29) is 0 Å². The predicted molar refractivity (Wildman–Crippen MR) is 56.8 cm³/mol. The third-order valence-corrected chi connectivity index (χ3v) is 4.12. The van der Waals surface area contributed by atoms with Gasteiger partial charge in [-0.2, -0.15) is 4.37 Å². The van der Waals surface area contributed by atoms with Crippen molar-refractivity contribution in [3.05, 3.63) is 5.82 Å². The van der Waals surface area contributed by atoms with E-state index in [0.29, 0.717) is 6.04 Å². The van der Waals surface area contributed by atoms with Gasteiger partial charge in [-0.05, 0) is 20.4 Å². The van der Waals surface area contributed by atoms with Gasteiger partial charge in [0.2, 0.25) is 5.13 Å². The van der Waals surface area contributed by atoms with Crippen LogP contribution < -0.4 is 4.90 Å². The van der Waals surface area contributed by atoms with Gasteiger partial charge < -0.3 is 4.90 Å². The molecule has 14 heavy (non-hydrogen) atoms. The van der Waals surface area contributed by atoms with Crippen molar-refractivity contribution in [2.75, 3.05) is 25.0 Å². The van der Waals surface area contributed by atoms with Gasteiger partial charge >= 0.3 is 0 Å². The number of likely N-dealkylation sites (tertiary alicyclic amines) is 1. The lowest BCUT2D eigenvalue weighted by molar-refractivity contribution is 0.292. The third kappa shape index (κ3) is 1.15. The fraction of sp³-hybridized carbons (Fsp3) is 0.778. The molecule has 2 unspecified atom stereocenters. The van der Waals surface area contributed by atoms with Crippen LogP contribution in [0.4, 0.5) is 5.13 Å². The Morgan fingerprint density at radius 3 is 2.71 bits per heavy atom. The molecule has 1 aromatic rings. The van der Waals surface area contributed by atoms with E-state index >= 15 is 0 Å². The van der Waals surface area contributed by atoms with Crippen molar-refractivity contribution in [1.29, 1.82) is 0 Å². The van der Waals surface area contributed by atoms with Crippen LogP contribution in [0.3, 0.4) is 0 Å². The summed E-state index contributed by atoms with van der Waals surface area (Å²) in [5, 5.41) is 1.11. The molecule has 2 fully saturated rings. The lowest BCUT2D eigenvalue weighted by Crippen LogP contribution is -2.44. The highest BCUT2D eigenvalue weighted by molar-refractivity contribution is 7.09. The fourth-order valence-electron chi connectivity index (χ4n) is 2.50. The van der Waals surface area contributed by atoms with Gasteiger partial charge in [0.1, 0.15) is 5.82 Å². The van der Waals surface area contributed by atoms with Gasteiger partial charge in [-0.3, -0.25) is 4.90 Å². The third-order valence-electron chi connectivity index (χ3n) is 3.28. The Morgan fingerprint density at radius 1 is 1.36 bits per heavy atom. The minimum Gasteiger partial charge on any atom is -0.341 e. The highest BCUT2D eigenvalue weighted by atomic mass is 32.1. The molecule has 2 bridgehead atoms. The summed E-state index contributed by atoms with van der Waals surface area (Å²) in [6.45, 7) is 4.28. The first-order chi connectivity index (χ1) is 6.74. The molecule has 3 rings (SSSR count). The number of anilines is 1. The SMILES string of the molecule is Cc1nsc(N2CC3CC2CN3C)n1. The zero-order chi connectivity index (χ0) is 9.71. The molecule has 5 heteroatoms. The van der Waals surface area contributed by atoms with Crippen molar-refractivity contribution in [1.82, 2.24) is 14.3 Å². The summed E-state index contributed by atoms with van der Waals surface area (Å²) in [5.74, 6) is 0.904. The van der Waals surface area contributed by atoms with Gasteiger partial charge in [0.15, 0.2) is 0 Å². The summed E-state index contributed by atoms with van der Waals surface area (Å²) in [7, 11) is 2.22. The van der Waals surface area contributed by atoms with Crippen LogP contribution in [0, 0.1) is 6.92 Å². The van der Waals surface area contributed by atoms with E-state index in [0.717, 1.165) is 23.5 Å². The summed E-state index contributed by atoms with van der Waals surface area (Å²) >= 11 is 1.53. The highest BCUT2D eigenvalue weighted by Gasteiger charge is 2.42. The van der Waals surface area contributed by atoms with E-state index in [9.17, 15) is 0 Å². The molecule has 0 amide bonds.